The molecule has 0 aromatic rings. The van der Waals surface area contributed by atoms with Gasteiger partial charge in [0, 0.05) is 6.42 Å². The summed E-state index contributed by atoms with van der Waals surface area (Å²) in [7, 11) is 0. The maximum absolute atomic E-state index is 12.3. The highest BCUT2D eigenvalue weighted by Gasteiger charge is 2.27. The molecule has 24 heavy (non-hydrogen) atoms. The van der Waals surface area contributed by atoms with Gasteiger partial charge >= 0.3 is 5.97 Å². The topological polar surface area (TPSA) is 191 Å². The second-order valence-corrected chi connectivity index (χ2v) is 5.54. The fraction of sp³-hybridized carbons (Fsp3) is 0.714. The van der Waals surface area contributed by atoms with E-state index in [2.05, 4.69) is 10.6 Å². The molecule has 0 aromatic carbocycles. The van der Waals surface area contributed by atoms with Crippen LogP contribution in [0, 0.1) is 0 Å². The largest absolute Gasteiger partial charge is 0.480 e. The quantitative estimate of drug-likeness (QED) is 0.216. The van der Waals surface area contributed by atoms with Gasteiger partial charge in [-0.1, -0.05) is 0 Å². The normalized spacial score (nSPS) is 14.3. The lowest BCUT2D eigenvalue weighted by Gasteiger charge is -2.22. The number of carbonyl (C=O) groups excluding carboxylic acids is 3. The van der Waals surface area contributed by atoms with Crippen LogP contribution in [-0.2, 0) is 19.2 Å². The van der Waals surface area contributed by atoms with Crippen LogP contribution in [0.4, 0.5) is 0 Å². The summed E-state index contributed by atoms with van der Waals surface area (Å²) in [5, 5.41) is 13.9. The van der Waals surface area contributed by atoms with Gasteiger partial charge in [0.2, 0.25) is 17.7 Å². The van der Waals surface area contributed by atoms with E-state index in [0.29, 0.717) is 25.8 Å². The maximum Gasteiger partial charge on any atom is 0.326 e. The van der Waals surface area contributed by atoms with Crippen LogP contribution in [-0.4, -0.2) is 53.5 Å². The standard InChI is InChI=1S/C14H27N5O5/c1-8(16)12(21)18-9(4-2-3-7-15)13(22)19-10(14(23)24)5-6-11(17)20/h8-10H,2-7,15-16H2,1H3,(H2,17,20)(H,18,21)(H,19,22)(H,23,24). The zero-order valence-electron chi connectivity index (χ0n) is 13.8. The highest BCUT2D eigenvalue weighted by Crippen LogP contribution is 2.04. The molecule has 10 heteroatoms. The fourth-order valence-electron chi connectivity index (χ4n) is 1.88. The number of primary amides is 1. The number of rotatable bonds is 12. The minimum Gasteiger partial charge on any atom is -0.480 e. The molecule has 10 nitrogen and oxygen atoms in total. The maximum atomic E-state index is 12.3. The molecule has 0 aliphatic carbocycles. The SMILES string of the molecule is CC(N)C(=O)NC(CCCCN)C(=O)NC(CCC(N)=O)C(=O)O. The van der Waals surface area contributed by atoms with E-state index in [0.717, 1.165) is 0 Å². The first-order valence-electron chi connectivity index (χ1n) is 7.76. The third-order valence-electron chi connectivity index (χ3n) is 3.29. The van der Waals surface area contributed by atoms with Crippen molar-refractivity contribution in [2.75, 3.05) is 6.54 Å². The van der Waals surface area contributed by atoms with E-state index in [4.69, 9.17) is 22.3 Å². The molecular formula is C14H27N5O5. The van der Waals surface area contributed by atoms with E-state index in [1.807, 2.05) is 0 Å². The van der Waals surface area contributed by atoms with Crippen LogP contribution in [0.5, 0.6) is 0 Å². The summed E-state index contributed by atoms with van der Waals surface area (Å²) in [4.78, 5) is 45.9. The number of nitrogens with two attached hydrogens (primary N) is 3. The van der Waals surface area contributed by atoms with Gasteiger partial charge in [0.1, 0.15) is 12.1 Å². The van der Waals surface area contributed by atoms with Crippen molar-refractivity contribution in [3.8, 4) is 0 Å². The van der Waals surface area contributed by atoms with Crippen LogP contribution in [0.15, 0.2) is 0 Å². The third kappa shape index (κ3) is 9.06. The Kier molecular flexibility index (Phi) is 10.3. The zero-order valence-corrected chi connectivity index (χ0v) is 13.8. The smallest absolute Gasteiger partial charge is 0.326 e. The van der Waals surface area contributed by atoms with Gasteiger partial charge in [-0.25, -0.2) is 4.79 Å². The van der Waals surface area contributed by atoms with Gasteiger partial charge in [-0.05, 0) is 39.2 Å². The summed E-state index contributed by atoms with van der Waals surface area (Å²) in [6.45, 7) is 1.91. The van der Waals surface area contributed by atoms with Crippen LogP contribution >= 0.6 is 0 Å². The summed E-state index contributed by atoms with van der Waals surface area (Å²) < 4.78 is 0. The lowest BCUT2D eigenvalue weighted by atomic mass is 10.1. The van der Waals surface area contributed by atoms with Crippen molar-refractivity contribution in [1.29, 1.82) is 0 Å². The molecule has 3 unspecified atom stereocenters. The Morgan fingerprint density at radius 3 is 2.04 bits per heavy atom. The summed E-state index contributed by atoms with van der Waals surface area (Å²) in [5.74, 6) is -3.13. The van der Waals surface area contributed by atoms with Gasteiger partial charge in [0.25, 0.3) is 0 Å². The highest BCUT2D eigenvalue weighted by molar-refractivity contribution is 5.91. The summed E-state index contributed by atoms with van der Waals surface area (Å²) in [5.41, 5.74) is 15.8. The van der Waals surface area contributed by atoms with Crippen molar-refractivity contribution >= 4 is 23.7 Å². The molecule has 9 N–H and O–H groups in total. The Balaban J connectivity index is 4.87. The van der Waals surface area contributed by atoms with Gasteiger partial charge in [0.05, 0.1) is 6.04 Å². The van der Waals surface area contributed by atoms with Gasteiger partial charge in [-0.15, -0.1) is 0 Å². The number of carboxylic acids is 1. The number of hydrogen-bond acceptors (Lipinski definition) is 6. The fourth-order valence-corrected chi connectivity index (χ4v) is 1.88. The molecule has 0 aliphatic rings. The molecular weight excluding hydrogens is 318 g/mol. The molecule has 0 heterocycles. The van der Waals surface area contributed by atoms with Gasteiger partial charge in [0.15, 0.2) is 0 Å². The minimum atomic E-state index is -1.29. The van der Waals surface area contributed by atoms with Crippen molar-refractivity contribution in [2.45, 2.75) is 57.2 Å². The van der Waals surface area contributed by atoms with Crippen LogP contribution in [0.2, 0.25) is 0 Å². The second kappa shape index (κ2) is 11.4. The molecule has 0 spiro atoms. The number of aliphatic carboxylic acids is 1. The Labute approximate surface area is 140 Å². The summed E-state index contributed by atoms with van der Waals surface area (Å²) >= 11 is 0. The summed E-state index contributed by atoms with van der Waals surface area (Å²) in [6, 6.07) is -3.00. The third-order valence-corrected chi connectivity index (χ3v) is 3.29. The first kappa shape index (κ1) is 21.8. The number of amides is 3. The lowest BCUT2D eigenvalue weighted by molar-refractivity contribution is -0.142. The van der Waals surface area contributed by atoms with E-state index in [1.54, 1.807) is 0 Å². The molecule has 0 saturated heterocycles. The number of carbonyl (C=O) groups is 4. The second-order valence-electron chi connectivity index (χ2n) is 5.54. The molecule has 3 amide bonds. The van der Waals surface area contributed by atoms with Crippen LogP contribution < -0.4 is 27.8 Å². The number of unbranched alkanes of at least 4 members (excludes halogenated alkanes) is 1. The minimum absolute atomic E-state index is 0.132. The molecule has 0 aromatic heterocycles. The molecule has 0 bridgehead atoms. The monoisotopic (exact) mass is 345 g/mol. The van der Waals surface area contributed by atoms with Crippen molar-refractivity contribution in [3.05, 3.63) is 0 Å². The van der Waals surface area contributed by atoms with E-state index in [9.17, 15) is 19.2 Å². The number of nitrogens with one attached hydrogen (secondary N) is 2. The molecule has 138 valence electrons. The average Bonchev–Trinajstić information content (AvgIpc) is 2.49. The molecule has 0 aliphatic heterocycles. The van der Waals surface area contributed by atoms with Gasteiger partial charge < -0.3 is 32.9 Å². The summed E-state index contributed by atoms with van der Waals surface area (Å²) in [6.07, 6.45) is 1.22. The molecule has 3 atom stereocenters. The highest BCUT2D eigenvalue weighted by atomic mass is 16.4. The van der Waals surface area contributed by atoms with Gasteiger partial charge in [-0.3, -0.25) is 14.4 Å². The van der Waals surface area contributed by atoms with E-state index in [1.165, 1.54) is 6.92 Å². The van der Waals surface area contributed by atoms with Crippen LogP contribution in [0.3, 0.4) is 0 Å². The number of carboxylic acid groups (broad SMARTS) is 1. The Bertz CT molecular complexity index is 455. The first-order valence-corrected chi connectivity index (χ1v) is 7.76. The van der Waals surface area contributed by atoms with Crippen LogP contribution in [0.1, 0.15) is 39.0 Å². The van der Waals surface area contributed by atoms with Crippen molar-refractivity contribution in [2.24, 2.45) is 17.2 Å². The van der Waals surface area contributed by atoms with Gasteiger partial charge in [-0.2, -0.15) is 0 Å². The van der Waals surface area contributed by atoms with E-state index < -0.39 is 41.8 Å². The average molecular weight is 345 g/mol. The van der Waals surface area contributed by atoms with E-state index in [-0.39, 0.29) is 12.8 Å². The van der Waals surface area contributed by atoms with Crippen molar-refractivity contribution in [1.82, 2.24) is 10.6 Å². The predicted octanol–water partition coefficient (Wildman–Crippen LogP) is -2.22. The molecule has 0 fully saturated rings. The van der Waals surface area contributed by atoms with Crippen LogP contribution in [0.25, 0.3) is 0 Å². The molecule has 0 radical (unpaired) electrons. The molecule has 0 saturated carbocycles. The predicted molar refractivity (Wildman–Crippen MR) is 86.5 cm³/mol. The Hall–Kier alpha value is -2.20. The number of hydrogen-bond donors (Lipinski definition) is 6. The first-order chi connectivity index (χ1) is 11.2. The lowest BCUT2D eigenvalue weighted by Crippen LogP contribution is -2.54. The zero-order chi connectivity index (χ0) is 18.7. The van der Waals surface area contributed by atoms with Crippen molar-refractivity contribution < 1.29 is 24.3 Å². The van der Waals surface area contributed by atoms with Crippen molar-refractivity contribution in [3.63, 3.8) is 0 Å². The Morgan fingerprint density at radius 1 is 1.00 bits per heavy atom. The molecule has 0 rings (SSSR count). The van der Waals surface area contributed by atoms with E-state index >= 15 is 0 Å². The Morgan fingerprint density at radius 2 is 1.58 bits per heavy atom.